The molecule has 28 heavy (non-hydrogen) atoms. The lowest BCUT2D eigenvalue weighted by atomic mass is 9.92. The topological polar surface area (TPSA) is 59.1 Å². The van der Waals surface area contributed by atoms with Crippen molar-refractivity contribution in [1.82, 2.24) is 9.80 Å². The van der Waals surface area contributed by atoms with Crippen LogP contribution in [0.1, 0.15) is 48.5 Å². The van der Waals surface area contributed by atoms with Crippen LogP contribution in [0.2, 0.25) is 0 Å². The van der Waals surface area contributed by atoms with Gasteiger partial charge in [-0.2, -0.15) is 0 Å². The number of rotatable bonds is 4. The van der Waals surface area contributed by atoms with Crippen LogP contribution in [0.15, 0.2) is 12.1 Å². The van der Waals surface area contributed by atoms with E-state index >= 15 is 0 Å². The molecule has 0 aromatic heterocycles. The van der Waals surface area contributed by atoms with Crippen molar-refractivity contribution in [2.45, 2.75) is 39.5 Å². The van der Waals surface area contributed by atoms with Crippen molar-refractivity contribution < 1.29 is 19.1 Å². The first-order chi connectivity index (χ1) is 13.4. The Bertz CT molecular complexity index is 700. The molecule has 3 rings (SSSR count). The van der Waals surface area contributed by atoms with Crippen LogP contribution in [0.4, 0.5) is 0 Å². The number of carbonyl (C=O) groups is 2. The first kappa shape index (κ1) is 20.5. The van der Waals surface area contributed by atoms with Gasteiger partial charge in [0.15, 0.2) is 0 Å². The monoisotopic (exact) mass is 388 g/mol. The van der Waals surface area contributed by atoms with Crippen LogP contribution in [0.5, 0.6) is 11.5 Å². The van der Waals surface area contributed by atoms with Gasteiger partial charge in [0.1, 0.15) is 11.5 Å². The molecule has 0 radical (unpaired) electrons. The van der Waals surface area contributed by atoms with Crippen LogP contribution in [-0.4, -0.2) is 62.0 Å². The SMILES string of the molecule is COc1cc(C(=O)N2CCC(C(=O)N3CCCC(C)C3)CC2)cc(OC)c1C. The molecule has 0 spiro atoms. The van der Waals surface area contributed by atoms with Gasteiger partial charge in [-0.1, -0.05) is 6.92 Å². The molecule has 2 amide bonds. The fourth-order valence-corrected chi connectivity index (χ4v) is 4.37. The van der Waals surface area contributed by atoms with Gasteiger partial charge in [-0.25, -0.2) is 0 Å². The minimum absolute atomic E-state index is 0.0332. The van der Waals surface area contributed by atoms with Crippen LogP contribution in [-0.2, 0) is 4.79 Å². The molecule has 1 aromatic carbocycles. The molecule has 2 saturated heterocycles. The highest BCUT2D eigenvalue weighted by Crippen LogP contribution is 2.31. The maximum Gasteiger partial charge on any atom is 0.254 e. The van der Waals surface area contributed by atoms with Gasteiger partial charge in [0.25, 0.3) is 5.91 Å². The molecule has 6 nitrogen and oxygen atoms in total. The molecule has 0 bridgehead atoms. The highest BCUT2D eigenvalue weighted by Gasteiger charge is 2.32. The average molecular weight is 389 g/mol. The molecule has 0 N–H and O–H groups in total. The van der Waals surface area contributed by atoms with Crippen LogP contribution in [0, 0.1) is 18.8 Å². The minimum atomic E-state index is -0.0332. The Morgan fingerprint density at radius 1 is 0.964 bits per heavy atom. The van der Waals surface area contributed by atoms with E-state index in [1.54, 1.807) is 26.4 Å². The maximum absolute atomic E-state index is 13.0. The number of piperidine rings is 2. The van der Waals surface area contributed by atoms with Gasteiger partial charge in [-0.15, -0.1) is 0 Å². The number of amides is 2. The Morgan fingerprint density at radius 3 is 2.11 bits per heavy atom. The van der Waals surface area contributed by atoms with E-state index in [9.17, 15) is 9.59 Å². The first-order valence-electron chi connectivity index (χ1n) is 10.2. The Labute approximate surface area is 167 Å². The quantitative estimate of drug-likeness (QED) is 0.795. The normalized spacial score (nSPS) is 20.8. The molecular weight excluding hydrogens is 356 g/mol. The summed E-state index contributed by atoms with van der Waals surface area (Å²) in [5, 5.41) is 0. The van der Waals surface area contributed by atoms with Gasteiger partial charge in [0, 0.05) is 43.2 Å². The predicted molar refractivity (Wildman–Crippen MR) is 108 cm³/mol. The summed E-state index contributed by atoms with van der Waals surface area (Å²) in [5.74, 6) is 2.16. The summed E-state index contributed by atoms with van der Waals surface area (Å²) in [6, 6.07) is 3.54. The number of hydrogen-bond donors (Lipinski definition) is 0. The molecule has 2 heterocycles. The number of carbonyl (C=O) groups excluding carboxylic acids is 2. The highest BCUT2D eigenvalue weighted by atomic mass is 16.5. The van der Waals surface area contributed by atoms with E-state index in [2.05, 4.69) is 6.92 Å². The third-order valence-electron chi connectivity index (χ3n) is 6.10. The largest absolute Gasteiger partial charge is 0.496 e. The van der Waals surface area contributed by atoms with Crippen LogP contribution in [0.25, 0.3) is 0 Å². The van der Waals surface area contributed by atoms with Crippen molar-refractivity contribution in [3.63, 3.8) is 0 Å². The van der Waals surface area contributed by atoms with Gasteiger partial charge in [-0.3, -0.25) is 9.59 Å². The van der Waals surface area contributed by atoms with E-state index in [4.69, 9.17) is 9.47 Å². The number of ether oxygens (including phenoxy) is 2. The van der Waals surface area contributed by atoms with Crippen molar-refractivity contribution in [3.05, 3.63) is 23.3 Å². The minimum Gasteiger partial charge on any atom is -0.496 e. The lowest BCUT2D eigenvalue weighted by Crippen LogP contribution is -2.47. The Hall–Kier alpha value is -2.24. The third-order valence-corrected chi connectivity index (χ3v) is 6.10. The van der Waals surface area contributed by atoms with E-state index in [-0.39, 0.29) is 17.7 Å². The van der Waals surface area contributed by atoms with Gasteiger partial charge in [0.05, 0.1) is 14.2 Å². The number of hydrogen-bond acceptors (Lipinski definition) is 4. The zero-order valence-electron chi connectivity index (χ0n) is 17.5. The second-order valence-electron chi connectivity index (χ2n) is 8.10. The Balaban J connectivity index is 1.63. The van der Waals surface area contributed by atoms with Crippen molar-refractivity contribution in [3.8, 4) is 11.5 Å². The highest BCUT2D eigenvalue weighted by molar-refractivity contribution is 5.95. The van der Waals surface area contributed by atoms with E-state index in [1.165, 1.54) is 6.42 Å². The first-order valence-corrected chi connectivity index (χ1v) is 10.2. The smallest absolute Gasteiger partial charge is 0.254 e. The molecule has 1 atom stereocenters. The summed E-state index contributed by atoms with van der Waals surface area (Å²) >= 11 is 0. The molecule has 2 aliphatic heterocycles. The fraction of sp³-hybridized carbons (Fsp3) is 0.636. The van der Waals surface area contributed by atoms with E-state index in [0.29, 0.717) is 36.1 Å². The summed E-state index contributed by atoms with van der Waals surface area (Å²) in [6.07, 6.45) is 3.77. The van der Waals surface area contributed by atoms with Crippen molar-refractivity contribution >= 4 is 11.8 Å². The average Bonchev–Trinajstić information content (AvgIpc) is 2.73. The van der Waals surface area contributed by atoms with Gasteiger partial charge < -0.3 is 19.3 Å². The summed E-state index contributed by atoms with van der Waals surface area (Å²) in [7, 11) is 3.18. The van der Waals surface area contributed by atoms with Gasteiger partial charge in [0.2, 0.25) is 5.91 Å². The number of methoxy groups -OCH3 is 2. The van der Waals surface area contributed by atoms with Crippen LogP contribution >= 0.6 is 0 Å². The second kappa shape index (κ2) is 8.84. The number of benzene rings is 1. The van der Waals surface area contributed by atoms with E-state index < -0.39 is 0 Å². The predicted octanol–water partition coefficient (Wildman–Crippen LogP) is 3.12. The zero-order valence-corrected chi connectivity index (χ0v) is 17.5. The molecule has 1 aromatic rings. The molecule has 0 saturated carbocycles. The summed E-state index contributed by atoms with van der Waals surface area (Å²) in [5.41, 5.74) is 1.44. The molecule has 2 aliphatic rings. The van der Waals surface area contributed by atoms with Gasteiger partial charge in [-0.05, 0) is 50.7 Å². The fourth-order valence-electron chi connectivity index (χ4n) is 4.37. The molecule has 2 fully saturated rings. The van der Waals surface area contributed by atoms with Crippen molar-refractivity contribution in [1.29, 1.82) is 0 Å². The maximum atomic E-state index is 13.0. The van der Waals surface area contributed by atoms with Crippen LogP contribution < -0.4 is 9.47 Å². The van der Waals surface area contributed by atoms with Crippen molar-refractivity contribution in [2.24, 2.45) is 11.8 Å². The van der Waals surface area contributed by atoms with E-state index in [1.807, 2.05) is 16.7 Å². The molecular formula is C22H32N2O4. The second-order valence-corrected chi connectivity index (χ2v) is 8.10. The Kier molecular flexibility index (Phi) is 6.47. The Morgan fingerprint density at radius 2 is 1.57 bits per heavy atom. The van der Waals surface area contributed by atoms with Crippen molar-refractivity contribution in [2.75, 3.05) is 40.4 Å². The molecule has 0 aliphatic carbocycles. The summed E-state index contributed by atoms with van der Waals surface area (Å²) < 4.78 is 10.8. The van der Waals surface area contributed by atoms with Crippen LogP contribution in [0.3, 0.4) is 0 Å². The van der Waals surface area contributed by atoms with Gasteiger partial charge >= 0.3 is 0 Å². The zero-order chi connectivity index (χ0) is 20.3. The third kappa shape index (κ3) is 4.26. The molecule has 1 unspecified atom stereocenters. The summed E-state index contributed by atoms with van der Waals surface area (Å²) in [6.45, 7) is 7.09. The molecule has 6 heteroatoms. The lowest BCUT2D eigenvalue weighted by Gasteiger charge is -2.37. The van der Waals surface area contributed by atoms with E-state index in [0.717, 1.165) is 37.9 Å². The summed E-state index contributed by atoms with van der Waals surface area (Å²) in [4.78, 5) is 29.7. The number of nitrogens with zero attached hydrogens (tertiary/aromatic N) is 2. The lowest BCUT2D eigenvalue weighted by molar-refractivity contribution is -0.138. The molecule has 154 valence electrons. The standard InChI is InChI=1S/C22H32N2O4/c1-15-6-5-9-24(14-15)21(25)17-7-10-23(11-8-17)22(26)18-12-19(27-3)16(2)20(13-18)28-4/h12-13,15,17H,5-11,14H2,1-4H3. The number of likely N-dealkylation sites (tertiary alicyclic amines) is 2.